The lowest BCUT2D eigenvalue weighted by atomic mass is 10.2. The van der Waals surface area contributed by atoms with Gasteiger partial charge in [0.15, 0.2) is 5.82 Å². The average molecular weight is 294 g/mol. The van der Waals surface area contributed by atoms with Crippen LogP contribution in [0.1, 0.15) is 12.8 Å². The number of halogens is 2. The minimum Gasteiger partial charge on any atom is -0.368 e. The molecule has 1 fully saturated rings. The van der Waals surface area contributed by atoms with Gasteiger partial charge in [-0.15, -0.1) is 0 Å². The molecule has 1 aromatic carbocycles. The molecule has 0 spiro atoms. The third-order valence-corrected chi connectivity index (χ3v) is 3.51. The summed E-state index contributed by atoms with van der Waals surface area (Å²) in [4.78, 5) is 14.7. The lowest BCUT2D eigenvalue weighted by molar-refractivity contribution is 0.628. The van der Waals surface area contributed by atoms with Gasteiger partial charge >= 0.3 is 0 Å². The van der Waals surface area contributed by atoms with Crippen molar-refractivity contribution in [2.45, 2.75) is 12.8 Å². The highest BCUT2D eigenvalue weighted by Gasteiger charge is 2.18. The van der Waals surface area contributed by atoms with Gasteiger partial charge in [0.1, 0.15) is 5.82 Å². The van der Waals surface area contributed by atoms with E-state index in [0.717, 1.165) is 25.9 Å². The molecule has 0 aliphatic carbocycles. The Hall–Kier alpha value is -1.95. The highest BCUT2D eigenvalue weighted by Crippen LogP contribution is 2.27. The summed E-state index contributed by atoms with van der Waals surface area (Å²) in [6.45, 7) is 1.81. The average Bonchev–Trinajstić information content (AvgIpc) is 2.91. The van der Waals surface area contributed by atoms with Gasteiger partial charge in [0, 0.05) is 18.7 Å². The first-order valence-electron chi connectivity index (χ1n) is 6.35. The fraction of sp³-hybridized carbons (Fsp3) is 0.308. The van der Waals surface area contributed by atoms with Crippen molar-refractivity contribution in [3.63, 3.8) is 0 Å². The Morgan fingerprint density at radius 2 is 1.90 bits per heavy atom. The van der Waals surface area contributed by atoms with Crippen LogP contribution in [0.3, 0.4) is 0 Å². The van der Waals surface area contributed by atoms with Gasteiger partial charge in [-0.05, 0) is 31.0 Å². The summed E-state index contributed by atoms with van der Waals surface area (Å²) in [6.07, 6.45) is 2.22. The van der Waals surface area contributed by atoms with Crippen LogP contribution in [0, 0.1) is 5.82 Å². The predicted molar refractivity (Wildman–Crippen MR) is 76.1 cm³/mol. The zero-order valence-corrected chi connectivity index (χ0v) is 11.4. The van der Waals surface area contributed by atoms with Crippen LogP contribution in [0.4, 0.5) is 16.3 Å². The van der Waals surface area contributed by atoms with Crippen molar-refractivity contribution >= 4 is 23.5 Å². The van der Waals surface area contributed by atoms with Gasteiger partial charge in [0.25, 0.3) is 0 Å². The molecule has 0 radical (unpaired) electrons. The maximum Gasteiger partial charge on any atom is 0.230 e. The molecule has 1 aromatic heterocycles. The smallest absolute Gasteiger partial charge is 0.230 e. The van der Waals surface area contributed by atoms with Crippen LogP contribution in [-0.2, 0) is 0 Å². The minimum atomic E-state index is -0.402. The Labute approximate surface area is 120 Å². The second-order valence-electron chi connectivity index (χ2n) is 4.64. The second-order valence-corrected chi connectivity index (χ2v) is 5.04. The Bertz CT molecular complexity index is 643. The first-order chi connectivity index (χ1) is 9.63. The summed E-state index contributed by atoms with van der Waals surface area (Å²) < 4.78 is 13.1. The van der Waals surface area contributed by atoms with Crippen molar-refractivity contribution in [1.82, 2.24) is 15.0 Å². The van der Waals surface area contributed by atoms with E-state index in [1.807, 2.05) is 0 Å². The van der Waals surface area contributed by atoms with Crippen LogP contribution in [0.15, 0.2) is 18.2 Å². The molecular formula is C13H13ClFN5. The van der Waals surface area contributed by atoms with E-state index in [-0.39, 0.29) is 11.0 Å². The zero-order valence-electron chi connectivity index (χ0n) is 10.7. The van der Waals surface area contributed by atoms with E-state index in [1.54, 1.807) is 6.07 Å². The summed E-state index contributed by atoms with van der Waals surface area (Å²) in [5, 5.41) is 0.253. The van der Waals surface area contributed by atoms with Gasteiger partial charge in [0.2, 0.25) is 11.9 Å². The maximum atomic E-state index is 13.1. The van der Waals surface area contributed by atoms with Crippen molar-refractivity contribution in [3.8, 4) is 11.4 Å². The van der Waals surface area contributed by atoms with Gasteiger partial charge < -0.3 is 10.6 Å². The largest absolute Gasteiger partial charge is 0.368 e. The Morgan fingerprint density at radius 1 is 1.15 bits per heavy atom. The van der Waals surface area contributed by atoms with Gasteiger partial charge in [0.05, 0.1) is 5.02 Å². The van der Waals surface area contributed by atoms with Crippen molar-refractivity contribution in [2.75, 3.05) is 23.7 Å². The van der Waals surface area contributed by atoms with Crippen molar-refractivity contribution in [2.24, 2.45) is 0 Å². The van der Waals surface area contributed by atoms with Gasteiger partial charge in [-0.3, -0.25) is 0 Å². The minimum absolute atomic E-state index is 0.136. The third kappa shape index (κ3) is 2.51. The normalized spacial score (nSPS) is 14.8. The summed E-state index contributed by atoms with van der Waals surface area (Å²) in [7, 11) is 0. The number of benzene rings is 1. The lowest BCUT2D eigenvalue weighted by Gasteiger charge is -2.16. The number of hydrogen-bond donors (Lipinski definition) is 1. The van der Waals surface area contributed by atoms with Gasteiger partial charge in [-0.25, -0.2) is 4.39 Å². The van der Waals surface area contributed by atoms with E-state index in [2.05, 4.69) is 19.9 Å². The Balaban J connectivity index is 2.04. The zero-order chi connectivity index (χ0) is 14.1. The fourth-order valence-electron chi connectivity index (χ4n) is 2.23. The molecule has 104 valence electrons. The third-order valence-electron chi connectivity index (χ3n) is 3.20. The van der Waals surface area contributed by atoms with E-state index < -0.39 is 5.82 Å². The number of nitrogen functional groups attached to an aromatic ring is 1. The Morgan fingerprint density at radius 3 is 2.60 bits per heavy atom. The molecule has 2 N–H and O–H groups in total. The van der Waals surface area contributed by atoms with Gasteiger partial charge in [-0.2, -0.15) is 15.0 Å². The van der Waals surface area contributed by atoms with Gasteiger partial charge in [-0.1, -0.05) is 11.6 Å². The van der Waals surface area contributed by atoms with Crippen LogP contribution in [-0.4, -0.2) is 28.0 Å². The quantitative estimate of drug-likeness (QED) is 0.921. The van der Waals surface area contributed by atoms with Crippen LogP contribution in [0.2, 0.25) is 5.02 Å². The highest BCUT2D eigenvalue weighted by molar-refractivity contribution is 6.33. The molecule has 3 rings (SSSR count). The standard InChI is InChI=1S/C13H13ClFN5/c14-10-7-8(15)3-4-9(10)11-17-12(16)19-13(18-11)20-5-1-2-6-20/h3-4,7H,1-2,5-6H2,(H2,16,17,18,19). The van der Waals surface area contributed by atoms with Crippen LogP contribution in [0.5, 0.6) is 0 Å². The molecule has 0 atom stereocenters. The molecule has 7 heteroatoms. The topological polar surface area (TPSA) is 67.9 Å². The fourth-order valence-corrected chi connectivity index (χ4v) is 2.48. The van der Waals surface area contributed by atoms with Crippen molar-refractivity contribution < 1.29 is 4.39 Å². The van der Waals surface area contributed by atoms with E-state index in [0.29, 0.717) is 17.3 Å². The summed E-state index contributed by atoms with van der Waals surface area (Å²) in [5.74, 6) is 0.646. The molecule has 0 bridgehead atoms. The number of anilines is 2. The number of hydrogen-bond acceptors (Lipinski definition) is 5. The van der Waals surface area contributed by atoms with E-state index in [9.17, 15) is 4.39 Å². The molecule has 5 nitrogen and oxygen atoms in total. The molecule has 1 aliphatic rings. The van der Waals surface area contributed by atoms with Crippen LogP contribution >= 0.6 is 11.6 Å². The van der Waals surface area contributed by atoms with E-state index in [4.69, 9.17) is 17.3 Å². The molecular weight excluding hydrogens is 281 g/mol. The SMILES string of the molecule is Nc1nc(-c2ccc(F)cc2Cl)nc(N2CCCC2)n1. The number of rotatable bonds is 2. The molecule has 2 heterocycles. The van der Waals surface area contributed by atoms with Crippen molar-refractivity contribution in [3.05, 3.63) is 29.0 Å². The lowest BCUT2D eigenvalue weighted by Crippen LogP contribution is -2.21. The summed E-state index contributed by atoms with van der Waals surface area (Å²) in [6, 6.07) is 4.09. The molecule has 0 amide bonds. The molecule has 1 saturated heterocycles. The summed E-state index contributed by atoms with van der Waals surface area (Å²) in [5.41, 5.74) is 6.28. The first kappa shape index (κ1) is 13.1. The molecule has 0 saturated carbocycles. The highest BCUT2D eigenvalue weighted by atomic mass is 35.5. The summed E-state index contributed by atoms with van der Waals surface area (Å²) >= 11 is 6.03. The predicted octanol–water partition coefficient (Wildman–Crippen LogP) is 2.51. The Kier molecular flexibility index (Phi) is 3.40. The monoisotopic (exact) mass is 293 g/mol. The number of nitrogens with zero attached hydrogens (tertiary/aromatic N) is 4. The molecule has 1 aliphatic heterocycles. The van der Waals surface area contributed by atoms with Crippen LogP contribution < -0.4 is 10.6 Å². The molecule has 2 aromatic rings. The molecule has 20 heavy (non-hydrogen) atoms. The van der Waals surface area contributed by atoms with E-state index in [1.165, 1.54) is 12.1 Å². The number of aromatic nitrogens is 3. The number of nitrogens with two attached hydrogens (primary N) is 1. The molecule has 0 unspecified atom stereocenters. The van der Waals surface area contributed by atoms with E-state index >= 15 is 0 Å². The van der Waals surface area contributed by atoms with Crippen molar-refractivity contribution in [1.29, 1.82) is 0 Å². The second kappa shape index (κ2) is 5.20. The first-order valence-corrected chi connectivity index (χ1v) is 6.73. The maximum absolute atomic E-state index is 13.1. The van der Waals surface area contributed by atoms with Crippen LogP contribution in [0.25, 0.3) is 11.4 Å².